The molecular weight excluding hydrogens is 224 g/mol. The van der Waals surface area contributed by atoms with Gasteiger partial charge in [-0.15, -0.1) is 0 Å². The Bertz CT molecular complexity index is 156. The molecule has 0 unspecified atom stereocenters. The van der Waals surface area contributed by atoms with Crippen molar-refractivity contribution in [1.82, 2.24) is 0 Å². The first-order valence-corrected chi connectivity index (χ1v) is 9.98. The van der Waals surface area contributed by atoms with Crippen LogP contribution in [0.3, 0.4) is 0 Å². The van der Waals surface area contributed by atoms with Crippen LogP contribution < -0.4 is 0 Å². The molecule has 2 heteroatoms. The number of hydrogen-bond donors (Lipinski definition) is 0. The Morgan fingerprint density at radius 3 is 1.06 bits per heavy atom. The van der Waals surface area contributed by atoms with Crippen molar-refractivity contribution in [2.24, 2.45) is 17.8 Å². The van der Waals surface area contributed by atoms with Crippen molar-refractivity contribution in [2.75, 3.05) is 0 Å². The van der Waals surface area contributed by atoms with E-state index in [1.54, 1.807) is 0 Å². The molecule has 0 aliphatic carbocycles. The first-order chi connectivity index (χ1) is 7.75. The van der Waals surface area contributed by atoms with Crippen molar-refractivity contribution in [2.45, 2.75) is 78.9 Å². The summed E-state index contributed by atoms with van der Waals surface area (Å²) in [4.78, 5) is 13.0. The van der Waals surface area contributed by atoms with E-state index in [0.717, 1.165) is 37.4 Å². The van der Waals surface area contributed by atoms with Gasteiger partial charge in [-0.3, -0.25) is 4.80 Å². The molecule has 0 saturated heterocycles. The summed E-state index contributed by atoms with van der Waals surface area (Å²) in [5, 5.41) is 0. The van der Waals surface area contributed by atoms with Crippen LogP contribution in [-0.2, 0) is 4.80 Å². The molecule has 0 bridgehead atoms. The summed E-state index contributed by atoms with van der Waals surface area (Å²) >= 11 is 0. The Hall–Kier alpha value is 0.177. The average molecular weight is 258 g/mol. The molecule has 0 heterocycles. The predicted molar refractivity (Wildman–Crippen MR) is 79.2 cm³/mol. The summed E-state index contributed by atoms with van der Waals surface area (Å²) < 4.78 is 0. The van der Waals surface area contributed by atoms with Crippen LogP contribution in [0.15, 0.2) is 0 Å². The molecule has 0 aliphatic heterocycles. The van der Waals surface area contributed by atoms with Crippen molar-refractivity contribution in [3.63, 3.8) is 0 Å². The van der Waals surface area contributed by atoms with Gasteiger partial charge in [-0.25, -0.2) is 0 Å². The van der Waals surface area contributed by atoms with Gasteiger partial charge in [0.05, 0.1) is 0 Å². The summed E-state index contributed by atoms with van der Waals surface area (Å²) in [5.74, 6) is 2.07. The zero-order valence-electron chi connectivity index (χ0n) is 12.9. The van der Waals surface area contributed by atoms with E-state index in [9.17, 15) is 4.80 Å². The first kappa shape index (κ1) is 17.2. The maximum atomic E-state index is 13.0. The Morgan fingerprint density at radius 2 is 0.882 bits per heavy atom. The lowest BCUT2D eigenvalue weighted by atomic mass is 10.2. The van der Waals surface area contributed by atoms with Crippen molar-refractivity contribution in [3.8, 4) is 0 Å². The molecule has 0 aromatic rings. The van der Waals surface area contributed by atoms with Gasteiger partial charge in [-0.2, -0.15) is 0 Å². The second-order valence-corrected chi connectivity index (χ2v) is 10.8. The van der Waals surface area contributed by atoms with Gasteiger partial charge < -0.3 is 0 Å². The highest BCUT2D eigenvalue weighted by molar-refractivity contribution is 6.72. The van der Waals surface area contributed by atoms with E-state index in [1.807, 2.05) is 0 Å². The van der Waals surface area contributed by atoms with E-state index in [4.69, 9.17) is 0 Å². The zero-order chi connectivity index (χ0) is 13.5. The van der Waals surface area contributed by atoms with E-state index in [1.165, 1.54) is 0 Å². The molecule has 0 atom stereocenters. The quantitative estimate of drug-likeness (QED) is 0.486. The lowest BCUT2D eigenvalue weighted by Crippen LogP contribution is -2.33. The van der Waals surface area contributed by atoms with Gasteiger partial charge in [-0.1, -0.05) is 60.8 Å². The molecule has 0 aromatic heterocycles. The summed E-state index contributed by atoms with van der Waals surface area (Å²) in [6.07, 6.45) is 3.43. The second kappa shape index (κ2) is 8.31. The molecule has 0 aromatic carbocycles. The van der Waals surface area contributed by atoms with Gasteiger partial charge in [-0.05, 0) is 35.9 Å². The molecule has 0 fully saturated rings. The van der Waals surface area contributed by atoms with Gasteiger partial charge >= 0.3 is 0 Å². The lowest BCUT2D eigenvalue weighted by molar-refractivity contribution is 0.387. The third-order valence-corrected chi connectivity index (χ3v) is 7.13. The maximum Gasteiger partial charge on any atom is 0.237 e. The van der Waals surface area contributed by atoms with Crippen LogP contribution in [0.5, 0.6) is 0 Å². The standard InChI is InChI=1S/C15H33OSi/c1-13(2)7-10-17(16,11-8-14(3)4)12-9-15(5)6/h13-15H,7-12H2,1-6H3. The highest BCUT2D eigenvalue weighted by Gasteiger charge is 2.33. The molecule has 0 N–H and O–H groups in total. The first-order valence-electron chi connectivity index (χ1n) is 7.45. The molecule has 103 valence electrons. The third kappa shape index (κ3) is 9.84. The van der Waals surface area contributed by atoms with Gasteiger partial charge in [0.2, 0.25) is 8.32 Å². The minimum Gasteiger partial charge on any atom is -0.297 e. The van der Waals surface area contributed by atoms with Crippen molar-refractivity contribution < 1.29 is 4.80 Å². The number of hydrogen-bond acceptors (Lipinski definition) is 0. The molecular formula is C15H33OSi. The predicted octanol–water partition coefficient (Wildman–Crippen LogP) is 5.50. The van der Waals surface area contributed by atoms with E-state index < -0.39 is 8.32 Å². The van der Waals surface area contributed by atoms with Crippen LogP contribution >= 0.6 is 0 Å². The molecule has 17 heavy (non-hydrogen) atoms. The zero-order valence-corrected chi connectivity index (χ0v) is 13.9. The monoisotopic (exact) mass is 257 g/mol. The summed E-state index contributed by atoms with van der Waals surface area (Å²) in [6, 6.07) is 3.01. The van der Waals surface area contributed by atoms with Gasteiger partial charge in [0.25, 0.3) is 0 Å². The van der Waals surface area contributed by atoms with E-state index in [0.29, 0.717) is 17.8 Å². The molecule has 1 radical (unpaired) electrons. The molecule has 1 nitrogen and oxygen atoms in total. The summed E-state index contributed by atoms with van der Waals surface area (Å²) in [7, 11) is -2.19. The molecule has 0 saturated carbocycles. The topological polar surface area (TPSA) is 19.9 Å². The average Bonchev–Trinajstić information content (AvgIpc) is 2.21. The summed E-state index contributed by atoms with van der Waals surface area (Å²) in [6.45, 7) is 13.4. The van der Waals surface area contributed by atoms with Crippen LogP contribution in [0.25, 0.3) is 0 Å². The number of rotatable bonds is 9. The summed E-state index contributed by atoms with van der Waals surface area (Å²) in [5.41, 5.74) is 0. The van der Waals surface area contributed by atoms with Crippen LogP contribution in [0, 0.1) is 17.8 Å². The Balaban J connectivity index is 4.23. The molecule has 0 amide bonds. The minimum absolute atomic E-state index is 0.689. The third-order valence-electron chi connectivity index (χ3n) is 3.53. The fraction of sp³-hybridized carbons (Fsp3) is 1.00. The Labute approximate surface area is 110 Å². The van der Waals surface area contributed by atoms with Crippen molar-refractivity contribution in [1.29, 1.82) is 0 Å². The fourth-order valence-electron chi connectivity index (χ4n) is 2.03. The van der Waals surface area contributed by atoms with Crippen LogP contribution in [0.1, 0.15) is 60.8 Å². The lowest BCUT2D eigenvalue weighted by Gasteiger charge is -2.25. The molecule has 0 aliphatic rings. The van der Waals surface area contributed by atoms with Crippen molar-refractivity contribution in [3.05, 3.63) is 0 Å². The van der Waals surface area contributed by atoms with Crippen LogP contribution in [0.4, 0.5) is 0 Å². The highest BCUT2D eigenvalue weighted by Crippen LogP contribution is 2.29. The van der Waals surface area contributed by atoms with Crippen molar-refractivity contribution >= 4 is 8.32 Å². The minimum atomic E-state index is -2.19. The smallest absolute Gasteiger partial charge is 0.237 e. The van der Waals surface area contributed by atoms with Gasteiger partial charge in [0.1, 0.15) is 0 Å². The Morgan fingerprint density at radius 1 is 0.647 bits per heavy atom. The van der Waals surface area contributed by atoms with E-state index in [2.05, 4.69) is 41.5 Å². The van der Waals surface area contributed by atoms with Crippen LogP contribution in [0.2, 0.25) is 18.1 Å². The van der Waals surface area contributed by atoms with Gasteiger partial charge in [0, 0.05) is 0 Å². The molecule has 0 rings (SSSR count). The molecule has 0 spiro atoms. The Kier molecular flexibility index (Phi) is 8.40. The van der Waals surface area contributed by atoms with E-state index in [-0.39, 0.29) is 0 Å². The maximum absolute atomic E-state index is 13.0. The highest BCUT2D eigenvalue weighted by atomic mass is 28.4. The van der Waals surface area contributed by atoms with Crippen LogP contribution in [-0.4, -0.2) is 8.32 Å². The largest absolute Gasteiger partial charge is 0.297 e. The van der Waals surface area contributed by atoms with E-state index >= 15 is 0 Å². The van der Waals surface area contributed by atoms with Gasteiger partial charge in [0.15, 0.2) is 0 Å². The fourth-order valence-corrected chi connectivity index (χ4v) is 6.09. The SMILES string of the molecule is CC(C)CC[Si]([O])(CCC(C)C)CCC(C)C. The normalized spacial score (nSPS) is 13.1. The second-order valence-electron chi connectivity index (χ2n) is 6.98.